The summed E-state index contributed by atoms with van der Waals surface area (Å²) in [5.74, 6) is -0.580. The minimum atomic E-state index is -1.08. The van der Waals surface area contributed by atoms with Gasteiger partial charge in [0.1, 0.15) is 6.04 Å². The zero-order chi connectivity index (χ0) is 15.0. The molecule has 20 heavy (non-hydrogen) atoms. The summed E-state index contributed by atoms with van der Waals surface area (Å²) in [6, 6.07) is -0.967. The Balaban J connectivity index is 2.36. The van der Waals surface area contributed by atoms with Gasteiger partial charge >= 0.3 is 5.97 Å². The van der Waals surface area contributed by atoms with E-state index in [9.17, 15) is 9.59 Å². The molecule has 0 aromatic carbocycles. The second-order valence-corrected chi connectivity index (χ2v) is 5.77. The average Bonchev–Trinajstić information content (AvgIpc) is 2.45. The quantitative estimate of drug-likeness (QED) is 0.636. The Morgan fingerprint density at radius 2 is 1.90 bits per heavy atom. The standard InChI is InChI=1S/C15H27NO4/c1-2-3-4-11-5-7-12(8-6-11)14(18)16-13(9-10-17)15(19)20/h11-13,17H,2-10H2,1H3,(H,16,18)(H,19,20)/t11?,12?,13-/m1/s1. The summed E-state index contributed by atoms with van der Waals surface area (Å²) < 4.78 is 0. The third kappa shape index (κ3) is 5.49. The molecule has 0 spiro atoms. The first kappa shape index (κ1) is 17.0. The highest BCUT2D eigenvalue weighted by Crippen LogP contribution is 2.32. The normalized spacial score (nSPS) is 24.1. The molecule has 0 radical (unpaired) electrons. The zero-order valence-electron chi connectivity index (χ0n) is 12.3. The third-order valence-electron chi connectivity index (χ3n) is 4.22. The molecule has 1 aliphatic rings. The maximum atomic E-state index is 12.1. The molecule has 116 valence electrons. The number of aliphatic hydroxyl groups is 1. The summed E-state index contributed by atoms with van der Waals surface area (Å²) in [7, 11) is 0. The first-order valence-electron chi connectivity index (χ1n) is 7.72. The van der Waals surface area contributed by atoms with E-state index in [2.05, 4.69) is 12.2 Å². The summed E-state index contributed by atoms with van der Waals surface area (Å²) in [6.45, 7) is 1.95. The number of hydrogen-bond donors (Lipinski definition) is 3. The summed E-state index contributed by atoms with van der Waals surface area (Å²) in [6.07, 6.45) is 7.60. The van der Waals surface area contributed by atoms with E-state index in [4.69, 9.17) is 10.2 Å². The first-order valence-corrected chi connectivity index (χ1v) is 7.72. The van der Waals surface area contributed by atoms with Gasteiger partial charge in [-0.3, -0.25) is 4.79 Å². The van der Waals surface area contributed by atoms with Crippen LogP contribution in [0.2, 0.25) is 0 Å². The van der Waals surface area contributed by atoms with Gasteiger partial charge in [-0.1, -0.05) is 26.2 Å². The minimum absolute atomic E-state index is 0.0616. The molecule has 0 aliphatic heterocycles. The number of rotatable bonds is 8. The molecule has 0 bridgehead atoms. The van der Waals surface area contributed by atoms with Crippen LogP contribution in [0.5, 0.6) is 0 Å². The molecule has 5 nitrogen and oxygen atoms in total. The van der Waals surface area contributed by atoms with Crippen LogP contribution in [0.25, 0.3) is 0 Å². The number of aliphatic carboxylic acids is 1. The topological polar surface area (TPSA) is 86.6 Å². The van der Waals surface area contributed by atoms with Gasteiger partial charge in [-0.05, 0) is 31.6 Å². The molecule has 1 saturated carbocycles. The van der Waals surface area contributed by atoms with Crippen molar-refractivity contribution in [2.75, 3.05) is 6.61 Å². The molecule has 1 amide bonds. The fourth-order valence-corrected chi connectivity index (χ4v) is 2.88. The summed E-state index contributed by atoms with van der Waals surface area (Å²) in [5, 5.41) is 20.3. The number of carbonyl (C=O) groups excluding carboxylic acids is 1. The van der Waals surface area contributed by atoms with E-state index in [1.54, 1.807) is 0 Å². The summed E-state index contributed by atoms with van der Waals surface area (Å²) >= 11 is 0. The van der Waals surface area contributed by atoms with Crippen molar-refractivity contribution in [2.24, 2.45) is 11.8 Å². The predicted molar refractivity (Wildman–Crippen MR) is 76.2 cm³/mol. The lowest BCUT2D eigenvalue weighted by Crippen LogP contribution is -2.44. The molecule has 0 unspecified atom stereocenters. The number of unbranched alkanes of at least 4 members (excludes halogenated alkanes) is 1. The highest BCUT2D eigenvalue weighted by Gasteiger charge is 2.28. The van der Waals surface area contributed by atoms with Crippen LogP contribution < -0.4 is 5.32 Å². The van der Waals surface area contributed by atoms with Crippen LogP contribution in [0.3, 0.4) is 0 Å². The highest BCUT2D eigenvalue weighted by atomic mass is 16.4. The van der Waals surface area contributed by atoms with Gasteiger partial charge in [0.15, 0.2) is 0 Å². The Morgan fingerprint density at radius 3 is 2.40 bits per heavy atom. The number of nitrogens with one attached hydrogen (secondary N) is 1. The van der Waals surface area contributed by atoms with Gasteiger partial charge in [0.2, 0.25) is 5.91 Å². The number of carboxylic acids is 1. The van der Waals surface area contributed by atoms with Crippen LogP contribution in [-0.4, -0.2) is 34.7 Å². The molecule has 3 N–H and O–H groups in total. The molecule has 1 fully saturated rings. The first-order chi connectivity index (χ1) is 9.58. The summed E-state index contributed by atoms with van der Waals surface area (Å²) in [4.78, 5) is 23.0. The van der Waals surface area contributed by atoms with E-state index in [0.717, 1.165) is 31.6 Å². The predicted octanol–water partition coefficient (Wildman–Crippen LogP) is 1.93. The average molecular weight is 285 g/mol. The Labute approximate surface area is 120 Å². The van der Waals surface area contributed by atoms with Crippen LogP contribution in [0.15, 0.2) is 0 Å². The highest BCUT2D eigenvalue weighted by molar-refractivity contribution is 5.84. The monoisotopic (exact) mass is 285 g/mol. The van der Waals surface area contributed by atoms with Crippen LogP contribution in [0.1, 0.15) is 58.3 Å². The van der Waals surface area contributed by atoms with Gasteiger partial charge in [0.25, 0.3) is 0 Å². The summed E-state index contributed by atoms with van der Waals surface area (Å²) in [5.41, 5.74) is 0. The van der Waals surface area contributed by atoms with Crippen molar-refractivity contribution >= 4 is 11.9 Å². The molecule has 1 atom stereocenters. The van der Waals surface area contributed by atoms with Gasteiger partial charge in [-0.2, -0.15) is 0 Å². The molecule has 1 aliphatic carbocycles. The molecule has 1 rings (SSSR count). The van der Waals surface area contributed by atoms with Gasteiger partial charge in [0, 0.05) is 18.9 Å². The second kappa shape index (κ2) is 8.95. The largest absolute Gasteiger partial charge is 0.480 e. The van der Waals surface area contributed by atoms with Crippen LogP contribution in [-0.2, 0) is 9.59 Å². The lowest BCUT2D eigenvalue weighted by atomic mass is 9.79. The van der Waals surface area contributed by atoms with E-state index < -0.39 is 12.0 Å². The van der Waals surface area contributed by atoms with Crippen molar-refractivity contribution in [2.45, 2.75) is 64.3 Å². The van der Waals surface area contributed by atoms with Gasteiger partial charge in [-0.15, -0.1) is 0 Å². The fraction of sp³-hybridized carbons (Fsp3) is 0.867. The smallest absolute Gasteiger partial charge is 0.326 e. The van der Waals surface area contributed by atoms with Crippen molar-refractivity contribution in [3.8, 4) is 0 Å². The van der Waals surface area contributed by atoms with Gasteiger partial charge in [-0.25, -0.2) is 4.79 Å². The van der Waals surface area contributed by atoms with Gasteiger partial charge < -0.3 is 15.5 Å². The molecule has 0 heterocycles. The lowest BCUT2D eigenvalue weighted by molar-refractivity contribution is -0.143. The van der Waals surface area contributed by atoms with Crippen LogP contribution in [0, 0.1) is 11.8 Å². The van der Waals surface area contributed by atoms with Crippen molar-refractivity contribution in [1.29, 1.82) is 0 Å². The minimum Gasteiger partial charge on any atom is -0.480 e. The number of amides is 1. The van der Waals surface area contributed by atoms with E-state index in [1.807, 2.05) is 0 Å². The maximum absolute atomic E-state index is 12.1. The van der Waals surface area contributed by atoms with E-state index in [0.29, 0.717) is 0 Å². The van der Waals surface area contributed by atoms with E-state index in [1.165, 1.54) is 19.3 Å². The lowest BCUT2D eigenvalue weighted by Gasteiger charge is -2.28. The van der Waals surface area contributed by atoms with Crippen molar-refractivity contribution in [3.63, 3.8) is 0 Å². The van der Waals surface area contributed by atoms with E-state index >= 15 is 0 Å². The molecular formula is C15H27NO4. The fourth-order valence-electron chi connectivity index (χ4n) is 2.88. The SMILES string of the molecule is CCCCC1CCC(C(=O)N[C@H](CCO)C(=O)O)CC1. The third-order valence-corrected chi connectivity index (χ3v) is 4.22. The molecule has 5 heteroatoms. The Morgan fingerprint density at radius 1 is 1.25 bits per heavy atom. The Hall–Kier alpha value is -1.10. The van der Waals surface area contributed by atoms with E-state index in [-0.39, 0.29) is 24.9 Å². The number of carbonyl (C=O) groups is 2. The van der Waals surface area contributed by atoms with Crippen molar-refractivity contribution < 1.29 is 19.8 Å². The van der Waals surface area contributed by atoms with Crippen molar-refractivity contribution in [1.82, 2.24) is 5.32 Å². The molecular weight excluding hydrogens is 258 g/mol. The number of carboxylic acid groups (broad SMARTS) is 1. The number of aliphatic hydroxyl groups excluding tert-OH is 1. The maximum Gasteiger partial charge on any atom is 0.326 e. The molecule has 0 aromatic rings. The number of hydrogen-bond acceptors (Lipinski definition) is 3. The van der Waals surface area contributed by atoms with Gasteiger partial charge in [0.05, 0.1) is 0 Å². The molecule has 0 saturated heterocycles. The van der Waals surface area contributed by atoms with Crippen molar-refractivity contribution in [3.05, 3.63) is 0 Å². The zero-order valence-corrected chi connectivity index (χ0v) is 12.3. The van der Waals surface area contributed by atoms with Crippen LogP contribution in [0.4, 0.5) is 0 Å². The molecule has 0 aromatic heterocycles. The van der Waals surface area contributed by atoms with Crippen LogP contribution >= 0.6 is 0 Å². The Kier molecular flexibility index (Phi) is 7.59. The second-order valence-electron chi connectivity index (χ2n) is 5.77. The Bertz CT molecular complexity index is 311.